The quantitative estimate of drug-likeness (QED) is 0.664. The first-order valence-corrected chi connectivity index (χ1v) is 5.19. The molecule has 1 aromatic carbocycles. The molecule has 0 aliphatic rings. The van der Waals surface area contributed by atoms with E-state index in [1.165, 1.54) is 6.92 Å². The molecule has 88 valence electrons. The van der Waals surface area contributed by atoms with Gasteiger partial charge in [-0.25, -0.2) is 0 Å². The molecule has 4 N–H and O–H groups in total. The number of aliphatic hydroxyl groups is 2. The Balaban J connectivity index is 2.74. The van der Waals surface area contributed by atoms with Gasteiger partial charge in [0.1, 0.15) is 11.9 Å². The summed E-state index contributed by atoms with van der Waals surface area (Å²) in [6, 6.07) is 6.93. The highest BCUT2D eigenvalue weighted by Crippen LogP contribution is 2.17. The SMILES string of the molecule is CC(=O)Cc1ccc(C(O)C(O)CN)cc1. The summed E-state index contributed by atoms with van der Waals surface area (Å²) in [4.78, 5) is 10.9. The molecule has 0 saturated heterocycles. The van der Waals surface area contributed by atoms with Gasteiger partial charge in [-0.2, -0.15) is 0 Å². The van der Waals surface area contributed by atoms with Crippen molar-refractivity contribution in [2.24, 2.45) is 5.73 Å². The minimum absolute atomic E-state index is 0.0103. The molecule has 4 heteroatoms. The van der Waals surface area contributed by atoms with E-state index in [1.807, 2.05) is 0 Å². The number of carbonyl (C=O) groups excluding carboxylic acids is 1. The van der Waals surface area contributed by atoms with Gasteiger partial charge in [-0.1, -0.05) is 24.3 Å². The Kier molecular flexibility index (Phi) is 4.61. The van der Waals surface area contributed by atoms with Crippen LogP contribution in [0.2, 0.25) is 0 Å². The van der Waals surface area contributed by atoms with Crippen molar-refractivity contribution in [3.63, 3.8) is 0 Å². The monoisotopic (exact) mass is 223 g/mol. The summed E-state index contributed by atoms with van der Waals surface area (Å²) >= 11 is 0. The molecular weight excluding hydrogens is 206 g/mol. The van der Waals surface area contributed by atoms with Crippen LogP contribution in [-0.2, 0) is 11.2 Å². The van der Waals surface area contributed by atoms with E-state index in [0.717, 1.165) is 5.56 Å². The number of carbonyl (C=O) groups is 1. The number of hydrogen-bond donors (Lipinski definition) is 3. The summed E-state index contributed by atoms with van der Waals surface area (Å²) in [5.74, 6) is 0.0929. The van der Waals surface area contributed by atoms with Gasteiger partial charge in [0.2, 0.25) is 0 Å². The summed E-state index contributed by atoms with van der Waals surface area (Å²) in [6.07, 6.45) is -1.55. The second kappa shape index (κ2) is 5.75. The minimum atomic E-state index is -0.976. The van der Waals surface area contributed by atoms with Crippen LogP contribution in [0.4, 0.5) is 0 Å². The predicted octanol–water partition coefficient (Wildman–Crippen LogP) is 0.171. The third kappa shape index (κ3) is 3.41. The van der Waals surface area contributed by atoms with Crippen LogP contribution in [0.25, 0.3) is 0 Å². The Morgan fingerprint density at radius 1 is 1.31 bits per heavy atom. The normalized spacial score (nSPS) is 14.5. The fraction of sp³-hybridized carbons (Fsp3) is 0.417. The van der Waals surface area contributed by atoms with Crippen LogP contribution in [0.5, 0.6) is 0 Å². The molecule has 0 amide bonds. The Labute approximate surface area is 94.7 Å². The topological polar surface area (TPSA) is 83.5 Å². The number of ketones is 1. The first kappa shape index (κ1) is 12.8. The van der Waals surface area contributed by atoms with Gasteiger partial charge in [0, 0.05) is 13.0 Å². The molecule has 2 unspecified atom stereocenters. The molecule has 0 radical (unpaired) electrons. The fourth-order valence-electron chi connectivity index (χ4n) is 1.47. The van der Waals surface area contributed by atoms with E-state index in [0.29, 0.717) is 12.0 Å². The first-order valence-electron chi connectivity index (χ1n) is 5.19. The molecule has 0 aliphatic carbocycles. The molecule has 0 fully saturated rings. The second-order valence-corrected chi connectivity index (χ2v) is 3.87. The maximum atomic E-state index is 10.9. The third-order valence-electron chi connectivity index (χ3n) is 2.38. The summed E-state index contributed by atoms with van der Waals surface area (Å²) in [7, 11) is 0. The van der Waals surface area contributed by atoms with E-state index in [-0.39, 0.29) is 12.3 Å². The fourth-order valence-corrected chi connectivity index (χ4v) is 1.47. The van der Waals surface area contributed by atoms with Crippen molar-refractivity contribution >= 4 is 5.78 Å². The molecule has 0 bridgehead atoms. The van der Waals surface area contributed by atoms with Gasteiger partial charge in [-0.3, -0.25) is 4.79 Å². The average molecular weight is 223 g/mol. The van der Waals surface area contributed by atoms with E-state index in [4.69, 9.17) is 5.73 Å². The molecular formula is C12H17NO3. The lowest BCUT2D eigenvalue weighted by molar-refractivity contribution is -0.116. The summed E-state index contributed by atoms with van der Waals surface area (Å²) in [5, 5.41) is 19.0. The number of benzene rings is 1. The summed E-state index contributed by atoms with van der Waals surface area (Å²) in [5.41, 5.74) is 6.75. The van der Waals surface area contributed by atoms with Crippen LogP contribution in [0, 0.1) is 0 Å². The first-order chi connectivity index (χ1) is 7.54. The van der Waals surface area contributed by atoms with Crippen molar-refractivity contribution in [2.75, 3.05) is 6.54 Å². The van der Waals surface area contributed by atoms with E-state index < -0.39 is 12.2 Å². The minimum Gasteiger partial charge on any atom is -0.389 e. The third-order valence-corrected chi connectivity index (χ3v) is 2.38. The molecule has 0 heterocycles. The van der Waals surface area contributed by atoms with Crippen LogP contribution in [0.3, 0.4) is 0 Å². The van der Waals surface area contributed by atoms with E-state index in [1.54, 1.807) is 24.3 Å². The second-order valence-electron chi connectivity index (χ2n) is 3.87. The molecule has 16 heavy (non-hydrogen) atoms. The molecule has 1 rings (SSSR count). The van der Waals surface area contributed by atoms with Crippen molar-refractivity contribution in [3.05, 3.63) is 35.4 Å². The van der Waals surface area contributed by atoms with Crippen molar-refractivity contribution in [1.82, 2.24) is 0 Å². The predicted molar refractivity (Wildman–Crippen MR) is 60.8 cm³/mol. The Bertz CT molecular complexity index is 348. The Hall–Kier alpha value is -1.23. The van der Waals surface area contributed by atoms with E-state index >= 15 is 0 Å². The van der Waals surface area contributed by atoms with Crippen molar-refractivity contribution in [3.8, 4) is 0 Å². The molecule has 0 aromatic heterocycles. The van der Waals surface area contributed by atoms with Gasteiger partial charge in [0.25, 0.3) is 0 Å². The van der Waals surface area contributed by atoms with Crippen molar-refractivity contribution in [1.29, 1.82) is 0 Å². The van der Waals surface area contributed by atoms with Gasteiger partial charge in [0.05, 0.1) is 6.10 Å². The molecule has 2 atom stereocenters. The number of rotatable bonds is 5. The van der Waals surface area contributed by atoms with Crippen LogP contribution in [-0.4, -0.2) is 28.6 Å². The van der Waals surface area contributed by atoms with Crippen LogP contribution >= 0.6 is 0 Å². The number of nitrogens with two attached hydrogens (primary N) is 1. The standard InChI is InChI=1S/C12H17NO3/c1-8(14)6-9-2-4-10(5-3-9)12(16)11(15)7-13/h2-5,11-12,15-16H,6-7,13H2,1H3. The molecule has 0 saturated carbocycles. The Morgan fingerprint density at radius 3 is 2.31 bits per heavy atom. The maximum Gasteiger partial charge on any atom is 0.134 e. The van der Waals surface area contributed by atoms with Crippen LogP contribution in [0.1, 0.15) is 24.2 Å². The van der Waals surface area contributed by atoms with Crippen molar-refractivity contribution in [2.45, 2.75) is 25.6 Å². The van der Waals surface area contributed by atoms with E-state index in [9.17, 15) is 15.0 Å². The number of hydrogen-bond acceptors (Lipinski definition) is 4. The lowest BCUT2D eigenvalue weighted by Crippen LogP contribution is -2.27. The zero-order chi connectivity index (χ0) is 12.1. The van der Waals surface area contributed by atoms with Gasteiger partial charge in [0.15, 0.2) is 0 Å². The van der Waals surface area contributed by atoms with Gasteiger partial charge >= 0.3 is 0 Å². The summed E-state index contributed by atoms with van der Waals surface area (Å²) < 4.78 is 0. The van der Waals surface area contributed by atoms with E-state index in [2.05, 4.69) is 0 Å². The molecule has 0 spiro atoms. The molecule has 4 nitrogen and oxygen atoms in total. The highest BCUT2D eigenvalue weighted by Gasteiger charge is 2.16. The van der Waals surface area contributed by atoms with Gasteiger partial charge in [-0.05, 0) is 18.1 Å². The van der Waals surface area contributed by atoms with Crippen molar-refractivity contribution < 1.29 is 15.0 Å². The van der Waals surface area contributed by atoms with Crippen LogP contribution in [0.15, 0.2) is 24.3 Å². The Morgan fingerprint density at radius 2 is 1.88 bits per heavy atom. The number of aliphatic hydroxyl groups excluding tert-OH is 2. The highest BCUT2D eigenvalue weighted by molar-refractivity contribution is 5.78. The summed E-state index contributed by atoms with van der Waals surface area (Å²) in [6.45, 7) is 1.54. The van der Waals surface area contributed by atoms with Gasteiger partial charge in [-0.15, -0.1) is 0 Å². The zero-order valence-corrected chi connectivity index (χ0v) is 9.26. The largest absolute Gasteiger partial charge is 0.389 e. The molecule has 1 aromatic rings. The number of Topliss-reactive ketones (excluding diaryl/α,β-unsaturated/α-hetero) is 1. The lowest BCUT2D eigenvalue weighted by atomic mass is 10.0. The van der Waals surface area contributed by atoms with Gasteiger partial charge < -0.3 is 15.9 Å². The average Bonchev–Trinajstić information content (AvgIpc) is 2.27. The molecule has 0 aliphatic heterocycles. The van der Waals surface area contributed by atoms with Crippen LogP contribution < -0.4 is 5.73 Å². The lowest BCUT2D eigenvalue weighted by Gasteiger charge is -2.16. The zero-order valence-electron chi connectivity index (χ0n) is 9.26. The smallest absolute Gasteiger partial charge is 0.134 e. The highest BCUT2D eigenvalue weighted by atomic mass is 16.3. The maximum absolute atomic E-state index is 10.9.